The molecule has 0 atom stereocenters. The zero-order valence-electron chi connectivity index (χ0n) is 8.51. The van der Waals surface area contributed by atoms with E-state index in [2.05, 4.69) is 15.9 Å². The fraction of sp³-hybridized carbons (Fsp3) is 0.273. The minimum Gasteiger partial charge on any atom is -0.501 e. The Bertz CT molecular complexity index is 368. The van der Waals surface area contributed by atoms with E-state index < -0.39 is 11.7 Å². The molecule has 5 heteroatoms. The van der Waals surface area contributed by atoms with Crippen LogP contribution in [0.25, 0.3) is 5.57 Å². The van der Waals surface area contributed by atoms with Crippen LogP contribution < -0.4 is 0 Å². The lowest BCUT2D eigenvalue weighted by Gasteiger charge is -2.11. The summed E-state index contributed by atoms with van der Waals surface area (Å²) in [5.41, 5.74) is -0.689. The van der Waals surface area contributed by atoms with Crippen molar-refractivity contribution in [2.45, 2.75) is 13.1 Å². The summed E-state index contributed by atoms with van der Waals surface area (Å²) in [5, 5.41) is 0. The Morgan fingerprint density at radius 1 is 1.31 bits per heavy atom. The van der Waals surface area contributed by atoms with Gasteiger partial charge in [0.05, 0.1) is 18.4 Å². The van der Waals surface area contributed by atoms with Gasteiger partial charge >= 0.3 is 6.18 Å². The van der Waals surface area contributed by atoms with Gasteiger partial charge in [0.15, 0.2) is 0 Å². The van der Waals surface area contributed by atoms with Crippen LogP contribution in [0.3, 0.4) is 0 Å². The van der Waals surface area contributed by atoms with Crippen molar-refractivity contribution in [1.82, 2.24) is 0 Å². The number of rotatable bonds is 3. The molecule has 1 aromatic carbocycles. The summed E-state index contributed by atoms with van der Waals surface area (Å²) >= 11 is 3.17. The second-order valence-corrected chi connectivity index (χ2v) is 3.91. The summed E-state index contributed by atoms with van der Waals surface area (Å²) < 4.78 is 43.5. The highest BCUT2D eigenvalue weighted by Gasteiger charge is 2.35. The molecule has 0 bridgehead atoms. The van der Waals surface area contributed by atoms with Gasteiger partial charge in [-0.2, -0.15) is 13.2 Å². The summed E-state index contributed by atoms with van der Waals surface area (Å²) in [5.74, 6) is 0. The molecule has 0 amide bonds. The van der Waals surface area contributed by atoms with Crippen molar-refractivity contribution in [3.8, 4) is 0 Å². The number of allylic oxidation sites excluding steroid dienone is 1. The van der Waals surface area contributed by atoms with Crippen LogP contribution in [0, 0.1) is 0 Å². The molecule has 0 unspecified atom stereocenters. The average Bonchev–Trinajstić information content (AvgIpc) is 2.19. The topological polar surface area (TPSA) is 9.23 Å². The summed E-state index contributed by atoms with van der Waals surface area (Å²) in [7, 11) is 0. The molecule has 0 aliphatic heterocycles. The van der Waals surface area contributed by atoms with Crippen molar-refractivity contribution < 1.29 is 17.9 Å². The first-order chi connectivity index (χ1) is 7.45. The van der Waals surface area contributed by atoms with Crippen LogP contribution in [0.1, 0.15) is 12.5 Å². The van der Waals surface area contributed by atoms with Crippen LogP contribution in [0.5, 0.6) is 0 Å². The molecule has 0 saturated carbocycles. The molecule has 1 aromatic rings. The van der Waals surface area contributed by atoms with E-state index in [1.165, 1.54) is 12.1 Å². The molecule has 1 rings (SSSR count). The molecule has 0 spiro atoms. The molecule has 0 radical (unpaired) electrons. The molecule has 16 heavy (non-hydrogen) atoms. The molecule has 0 aromatic heterocycles. The van der Waals surface area contributed by atoms with Gasteiger partial charge in [0, 0.05) is 4.47 Å². The lowest BCUT2D eigenvalue weighted by molar-refractivity contribution is -0.0703. The molecule has 0 aliphatic carbocycles. The van der Waals surface area contributed by atoms with Crippen molar-refractivity contribution in [2.24, 2.45) is 0 Å². The van der Waals surface area contributed by atoms with E-state index in [4.69, 9.17) is 4.74 Å². The molecule has 0 N–H and O–H groups in total. The van der Waals surface area contributed by atoms with E-state index >= 15 is 0 Å². The SMILES string of the molecule is CCO/C=C(\c1ccc(Br)cc1)C(F)(F)F. The van der Waals surface area contributed by atoms with Crippen LogP contribution in [-0.2, 0) is 4.74 Å². The minimum absolute atomic E-state index is 0.0872. The fourth-order valence-corrected chi connectivity index (χ4v) is 1.36. The Hall–Kier alpha value is -0.970. The van der Waals surface area contributed by atoms with E-state index in [1.807, 2.05) is 0 Å². The van der Waals surface area contributed by atoms with Crippen molar-refractivity contribution in [3.63, 3.8) is 0 Å². The van der Waals surface area contributed by atoms with Gasteiger partial charge in [-0.15, -0.1) is 0 Å². The Morgan fingerprint density at radius 3 is 2.31 bits per heavy atom. The van der Waals surface area contributed by atoms with Gasteiger partial charge in [-0.3, -0.25) is 0 Å². The number of benzene rings is 1. The third kappa shape index (κ3) is 3.56. The summed E-state index contributed by atoms with van der Waals surface area (Å²) in [6.07, 6.45) is -3.66. The monoisotopic (exact) mass is 294 g/mol. The van der Waals surface area contributed by atoms with E-state index in [0.717, 1.165) is 10.7 Å². The highest BCUT2D eigenvalue weighted by atomic mass is 79.9. The van der Waals surface area contributed by atoms with Crippen molar-refractivity contribution in [1.29, 1.82) is 0 Å². The van der Waals surface area contributed by atoms with Gasteiger partial charge in [0.1, 0.15) is 0 Å². The normalized spacial score (nSPS) is 12.7. The Morgan fingerprint density at radius 2 is 1.88 bits per heavy atom. The predicted molar refractivity (Wildman–Crippen MR) is 59.8 cm³/mol. The Balaban J connectivity index is 3.07. The first-order valence-electron chi connectivity index (χ1n) is 4.60. The van der Waals surface area contributed by atoms with Gasteiger partial charge in [-0.25, -0.2) is 0 Å². The van der Waals surface area contributed by atoms with E-state index in [1.54, 1.807) is 19.1 Å². The average molecular weight is 295 g/mol. The van der Waals surface area contributed by atoms with Gasteiger partial charge in [0.2, 0.25) is 0 Å². The minimum atomic E-state index is -4.41. The van der Waals surface area contributed by atoms with Crippen LogP contribution in [0.2, 0.25) is 0 Å². The van der Waals surface area contributed by atoms with Gasteiger partial charge < -0.3 is 4.74 Å². The maximum atomic E-state index is 12.7. The van der Waals surface area contributed by atoms with Crippen LogP contribution in [-0.4, -0.2) is 12.8 Å². The number of hydrogen-bond acceptors (Lipinski definition) is 1. The molecule has 0 heterocycles. The second kappa shape index (κ2) is 5.39. The molecule has 1 nitrogen and oxygen atoms in total. The molecular weight excluding hydrogens is 285 g/mol. The summed E-state index contributed by atoms with van der Waals surface area (Å²) in [6, 6.07) is 5.90. The maximum absolute atomic E-state index is 12.7. The zero-order chi connectivity index (χ0) is 12.2. The van der Waals surface area contributed by atoms with Gasteiger partial charge in [-0.1, -0.05) is 28.1 Å². The van der Waals surface area contributed by atoms with Crippen LogP contribution in [0.4, 0.5) is 13.2 Å². The third-order valence-electron chi connectivity index (χ3n) is 1.83. The highest BCUT2D eigenvalue weighted by molar-refractivity contribution is 9.10. The lowest BCUT2D eigenvalue weighted by atomic mass is 10.1. The van der Waals surface area contributed by atoms with Gasteiger partial charge in [-0.05, 0) is 24.6 Å². The Labute approximate surface area is 100 Å². The number of halogens is 4. The third-order valence-corrected chi connectivity index (χ3v) is 2.36. The predicted octanol–water partition coefficient (Wildman–Crippen LogP) is 4.39. The maximum Gasteiger partial charge on any atom is 0.419 e. The van der Waals surface area contributed by atoms with Crippen molar-refractivity contribution in [3.05, 3.63) is 40.6 Å². The van der Waals surface area contributed by atoms with E-state index in [0.29, 0.717) is 0 Å². The molecule has 0 aliphatic rings. The quantitative estimate of drug-likeness (QED) is 0.751. The van der Waals surface area contributed by atoms with Crippen molar-refractivity contribution >= 4 is 21.5 Å². The number of hydrogen-bond donors (Lipinski definition) is 0. The summed E-state index contributed by atoms with van der Waals surface area (Å²) in [4.78, 5) is 0. The Kier molecular flexibility index (Phi) is 4.41. The van der Waals surface area contributed by atoms with E-state index in [9.17, 15) is 13.2 Å². The number of alkyl halides is 3. The lowest BCUT2D eigenvalue weighted by Crippen LogP contribution is -2.11. The van der Waals surface area contributed by atoms with Gasteiger partial charge in [0.25, 0.3) is 0 Å². The first kappa shape index (κ1) is 13.1. The van der Waals surface area contributed by atoms with E-state index in [-0.39, 0.29) is 12.2 Å². The standard InChI is InChI=1S/C11H10BrF3O/c1-2-16-7-10(11(13,14)15)8-3-5-9(12)6-4-8/h3-7H,2H2,1H3/b10-7+. The molecule has 88 valence electrons. The first-order valence-corrected chi connectivity index (χ1v) is 5.39. The second-order valence-electron chi connectivity index (χ2n) is 2.99. The zero-order valence-corrected chi connectivity index (χ0v) is 10.1. The highest BCUT2D eigenvalue weighted by Crippen LogP contribution is 2.34. The fourth-order valence-electron chi connectivity index (χ4n) is 1.09. The number of ether oxygens (including phenoxy) is 1. The molecular formula is C11H10BrF3O. The van der Waals surface area contributed by atoms with Crippen LogP contribution >= 0.6 is 15.9 Å². The van der Waals surface area contributed by atoms with Crippen molar-refractivity contribution in [2.75, 3.05) is 6.61 Å². The largest absolute Gasteiger partial charge is 0.501 e. The molecule has 0 saturated heterocycles. The summed E-state index contributed by atoms with van der Waals surface area (Å²) in [6.45, 7) is 1.84. The van der Waals surface area contributed by atoms with Crippen LogP contribution in [0.15, 0.2) is 35.0 Å². The smallest absolute Gasteiger partial charge is 0.419 e. The molecule has 0 fully saturated rings.